The van der Waals surface area contributed by atoms with Gasteiger partial charge in [-0.15, -0.1) is 0 Å². The van der Waals surface area contributed by atoms with Crippen molar-refractivity contribution in [1.82, 2.24) is 5.32 Å². The summed E-state index contributed by atoms with van der Waals surface area (Å²) in [6, 6.07) is 0. The Bertz CT molecular complexity index is 167. The van der Waals surface area contributed by atoms with Crippen LogP contribution in [0, 0.1) is 11.8 Å². The summed E-state index contributed by atoms with van der Waals surface area (Å²) in [6.07, 6.45) is 5.73. The first kappa shape index (κ1) is 8.24. The predicted molar refractivity (Wildman–Crippen MR) is 47.9 cm³/mol. The van der Waals surface area contributed by atoms with E-state index >= 15 is 0 Å². The van der Waals surface area contributed by atoms with Crippen LogP contribution in [0.1, 0.15) is 32.1 Å². The number of Topliss-reactive ketones (excluding diaryl/α,β-unsaturated/α-hetero) is 1. The molecule has 2 nitrogen and oxygen atoms in total. The molecule has 12 heavy (non-hydrogen) atoms. The van der Waals surface area contributed by atoms with Gasteiger partial charge in [-0.3, -0.25) is 4.79 Å². The van der Waals surface area contributed by atoms with Gasteiger partial charge in [-0.05, 0) is 45.2 Å². The number of hydrogen-bond donors (Lipinski definition) is 1. The van der Waals surface area contributed by atoms with Gasteiger partial charge >= 0.3 is 0 Å². The Labute approximate surface area is 73.7 Å². The minimum Gasteiger partial charge on any atom is -0.317 e. The van der Waals surface area contributed by atoms with Crippen LogP contribution in [-0.4, -0.2) is 18.9 Å². The summed E-state index contributed by atoms with van der Waals surface area (Å²) in [5.41, 5.74) is 0. The summed E-state index contributed by atoms with van der Waals surface area (Å²) in [7, 11) is 0. The van der Waals surface area contributed by atoms with Crippen LogP contribution in [0.2, 0.25) is 0 Å². The van der Waals surface area contributed by atoms with Crippen molar-refractivity contribution in [3.63, 3.8) is 0 Å². The first-order valence-electron chi connectivity index (χ1n) is 5.12. The molecular weight excluding hydrogens is 150 g/mol. The number of carbonyl (C=O) groups is 1. The van der Waals surface area contributed by atoms with Gasteiger partial charge in [0.15, 0.2) is 0 Å². The van der Waals surface area contributed by atoms with Gasteiger partial charge in [0.1, 0.15) is 5.78 Å². The zero-order chi connectivity index (χ0) is 8.39. The topological polar surface area (TPSA) is 29.1 Å². The molecule has 0 aromatic heterocycles. The molecule has 1 aliphatic heterocycles. The fourth-order valence-electron chi connectivity index (χ4n) is 2.00. The Kier molecular flexibility index (Phi) is 2.45. The lowest BCUT2D eigenvalue weighted by atomic mass is 9.93. The number of hydrogen-bond acceptors (Lipinski definition) is 2. The van der Waals surface area contributed by atoms with Gasteiger partial charge in [0.2, 0.25) is 0 Å². The van der Waals surface area contributed by atoms with Crippen molar-refractivity contribution < 1.29 is 4.79 Å². The van der Waals surface area contributed by atoms with E-state index in [4.69, 9.17) is 0 Å². The minimum absolute atomic E-state index is 0.396. The Hall–Kier alpha value is -0.370. The zero-order valence-electron chi connectivity index (χ0n) is 7.51. The molecule has 2 heteroatoms. The SMILES string of the molecule is O=C(C1CCCNCC1)C1CC1. The highest BCUT2D eigenvalue weighted by Crippen LogP contribution is 2.34. The van der Waals surface area contributed by atoms with Crippen LogP contribution >= 0.6 is 0 Å². The maximum absolute atomic E-state index is 11.7. The van der Waals surface area contributed by atoms with Crippen LogP contribution in [0.5, 0.6) is 0 Å². The molecule has 2 rings (SSSR count). The van der Waals surface area contributed by atoms with Gasteiger partial charge in [0.25, 0.3) is 0 Å². The summed E-state index contributed by atoms with van der Waals surface area (Å²) in [5, 5.41) is 3.34. The third-order valence-corrected chi connectivity index (χ3v) is 2.96. The lowest BCUT2D eigenvalue weighted by Gasteiger charge is -2.10. The highest BCUT2D eigenvalue weighted by Gasteiger charge is 2.34. The highest BCUT2D eigenvalue weighted by molar-refractivity contribution is 5.85. The Morgan fingerprint density at radius 2 is 1.75 bits per heavy atom. The average Bonchev–Trinajstić information content (AvgIpc) is 2.92. The quantitative estimate of drug-likeness (QED) is 0.672. The van der Waals surface area contributed by atoms with Crippen molar-refractivity contribution in [2.75, 3.05) is 13.1 Å². The second kappa shape index (κ2) is 3.56. The molecule has 0 spiro atoms. The van der Waals surface area contributed by atoms with Gasteiger partial charge in [0, 0.05) is 11.8 Å². The molecule has 1 heterocycles. The molecule has 0 radical (unpaired) electrons. The minimum atomic E-state index is 0.396. The van der Waals surface area contributed by atoms with E-state index in [1.54, 1.807) is 0 Å². The Balaban J connectivity index is 1.87. The van der Waals surface area contributed by atoms with Crippen LogP contribution in [0.3, 0.4) is 0 Å². The van der Waals surface area contributed by atoms with Gasteiger partial charge in [-0.1, -0.05) is 0 Å². The third kappa shape index (κ3) is 1.86. The largest absolute Gasteiger partial charge is 0.317 e. The number of rotatable bonds is 2. The molecule has 68 valence electrons. The van der Waals surface area contributed by atoms with Gasteiger partial charge < -0.3 is 5.32 Å². The lowest BCUT2D eigenvalue weighted by molar-refractivity contribution is -0.124. The molecule has 0 aromatic rings. The van der Waals surface area contributed by atoms with E-state index in [9.17, 15) is 4.79 Å². The van der Waals surface area contributed by atoms with Gasteiger partial charge in [0.05, 0.1) is 0 Å². The van der Waals surface area contributed by atoms with Crippen molar-refractivity contribution in [2.24, 2.45) is 11.8 Å². The zero-order valence-corrected chi connectivity index (χ0v) is 7.51. The molecule has 0 amide bonds. The van der Waals surface area contributed by atoms with Crippen LogP contribution in [0.25, 0.3) is 0 Å². The second-order valence-corrected chi connectivity index (χ2v) is 4.05. The maximum atomic E-state index is 11.7. The molecule has 0 aromatic carbocycles. The fourth-order valence-corrected chi connectivity index (χ4v) is 2.00. The molecule has 1 atom stereocenters. The summed E-state index contributed by atoms with van der Waals surface area (Å²) in [5.74, 6) is 1.43. The normalized spacial score (nSPS) is 31.2. The summed E-state index contributed by atoms with van der Waals surface area (Å²) >= 11 is 0. The van der Waals surface area contributed by atoms with E-state index in [-0.39, 0.29) is 0 Å². The van der Waals surface area contributed by atoms with Crippen molar-refractivity contribution in [2.45, 2.75) is 32.1 Å². The van der Waals surface area contributed by atoms with E-state index in [1.807, 2.05) is 0 Å². The summed E-state index contributed by atoms with van der Waals surface area (Å²) in [4.78, 5) is 11.7. The maximum Gasteiger partial charge on any atom is 0.139 e. The van der Waals surface area contributed by atoms with E-state index in [2.05, 4.69) is 5.32 Å². The summed E-state index contributed by atoms with van der Waals surface area (Å²) < 4.78 is 0. The smallest absolute Gasteiger partial charge is 0.139 e. The predicted octanol–water partition coefficient (Wildman–Crippen LogP) is 1.36. The Morgan fingerprint density at radius 1 is 1.00 bits per heavy atom. The molecule has 2 aliphatic rings. The van der Waals surface area contributed by atoms with E-state index in [0.717, 1.165) is 25.9 Å². The van der Waals surface area contributed by atoms with Gasteiger partial charge in [-0.25, -0.2) is 0 Å². The number of nitrogens with one attached hydrogen (secondary N) is 1. The van der Waals surface area contributed by atoms with Crippen molar-refractivity contribution in [3.05, 3.63) is 0 Å². The number of ketones is 1. The molecular formula is C10H17NO. The molecule has 1 saturated heterocycles. The van der Waals surface area contributed by atoms with E-state index in [1.165, 1.54) is 19.3 Å². The monoisotopic (exact) mass is 167 g/mol. The molecule has 1 unspecified atom stereocenters. The van der Waals surface area contributed by atoms with Crippen molar-refractivity contribution in [1.29, 1.82) is 0 Å². The first-order chi connectivity index (χ1) is 5.88. The molecule has 1 N–H and O–H groups in total. The third-order valence-electron chi connectivity index (χ3n) is 2.96. The van der Waals surface area contributed by atoms with Crippen LogP contribution in [0.4, 0.5) is 0 Å². The summed E-state index contributed by atoms with van der Waals surface area (Å²) in [6.45, 7) is 2.15. The lowest BCUT2D eigenvalue weighted by Crippen LogP contribution is -2.18. The fraction of sp³-hybridized carbons (Fsp3) is 0.900. The van der Waals surface area contributed by atoms with Crippen LogP contribution < -0.4 is 5.32 Å². The van der Waals surface area contributed by atoms with Crippen LogP contribution in [0.15, 0.2) is 0 Å². The highest BCUT2D eigenvalue weighted by atomic mass is 16.1. The van der Waals surface area contributed by atoms with Crippen molar-refractivity contribution in [3.8, 4) is 0 Å². The molecule has 1 saturated carbocycles. The van der Waals surface area contributed by atoms with E-state index < -0.39 is 0 Å². The standard InChI is InChI=1S/C10H17NO/c12-10(9-3-4-9)8-2-1-6-11-7-5-8/h8-9,11H,1-7H2. The Morgan fingerprint density at radius 3 is 2.50 bits per heavy atom. The van der Waals surface area contributed by atoms with Crippen molar-refractivity contribution >= 4 is 5.78 Å². The first-order valence-corrected chi connectivity index (χ1v) is 5.12. The van der Waals surface area contributed by atoms with Crippen LogP contribution in [-0.2, 0) is 4.79 Å². The molecule has 2 fully saturated rings. The average molecular weight is 167 g/mol. The number of carbonyl (C=O) groups excluding carboxylic acids is 1. The van der Waals surface area contributed by atoms with Gasteiger partial charge in [-0.2, -0.15) is 0 Å². The molecule has 0 bridgehead atoms. The second-order valence-electron chi connectivity index (χ2n) is 4.05. The molecule has 1 aliphatic carbocycles. The van der Waals surface area contributed by atoms with E-state index in [0.29, 0.717) is 17.6 Å².